The van der Waals surface area contributed by atoms with Crippen LogP contribution in [0.5, 0.6) is 0 Å². The molecule has 1 saturated heterocycles. The molecule has 2 aromatic heterocycles. The zero-order chi connectivity index (χ0) is 28.6. The van der Waals surface area contributed by atoms with Gasteiger partial charge in [-0.25, -0.2) is 28.4 Å². The molecule has 1 fully saturated rings. The predicted molar refractivity (Wildman–Crippen MR) is 127 cm³/mol. The fourth-order valence-electron chi connectivity index (χ4n) is 4.42. The lowest BCUT2D eigenvalue weighted by Crippen LogP contribution is -2.52. The van der Waals surface area contributed by atoms with E-state index in [1.165, 1.54) is 28.3 Å². The van der Waals surface area contributed by atoms with Gasteiger partial charge in [-0.1, -0.05) is 0 Å². The van der Waals surface area contributed by atoms with Crippen molar-refractivity contribution in [2.24, 2.45) is 5.10 Å². The SMILES string of the molecule is N#Cc1cc(F)cc([C@@H]2CC=NN2C(=O)N2CCN(c3ncc(F)c(-n4ncn(CC(F)(F)F)c4=O)n3)CC2)c1. The van der Waals surface area contributed by atoms with Crippen LogP contribution in [0, 0.1) is 23.0 Å². The van der Waals surface area contributed by atoms with Crippen LogP contribution in [-0.2, 0) is 6.54 Å². The first-order valence-corrected chi connectivity index (χ1v) is 11.8. The van der Waals surface area contributed by atoms with Crippen LogP contribution in [0.25, 0.3) is 5.82 Å². The van der Waals surface area contributed by atoms with Gasteiger partial charge in [0.15, 0.2) is 11.6 Å². The fourth-order valence-corrected chi connectivity index (χ4v) is 4.42. The van der Waals surface area contributed by atoms with Gasteiger partial charge >= 0.3 is 17.9 Å². The number of nitrogens with zero attached hydrogens (tertiary/aromatic N) is 10. The van der Waals surface area contributed by atoms with Gasteiger partial charge in [-0.2, -0.15) is 38.3 Å². The molecule has 0 N–H and O–H groups in total. The molecule has 2 aliphatic heterocycles. The monoisotopic (exact) mass is 562 g/mol. The summed E-state index contributed by atoms with van der Waals surface area (Å²) < 4.78 is 67.2. The van der Waals surface area contributed by atoms with Crippen molar-refractivity contribution >= 4 is 18.2 Å². The Morgan fingerprint density at radius 2 is 1.88 bits per heavy atom. The number of amides is 2. The van der Waals surface area contributed by atoms with Crippen molar-refractivity contribution in [3.63, 3.8) is 0 Å². The van der Waals surface area contributed by atoms with Crippen LogP contribution < -0.4 is 10.6 Å². The van der Waals surface area contributed by atoms with E-state index in [1.807, 2.05) is 6.07 Å². The minimum Gasteiger partial charge on any atom is -0.337 e. The average Bonchev–Trinajstić information content (AvgIpc) is 3.55. The number of hydrogen-bond acceptors (Lipinski definition) is 8. The highest BCUT2D eigenvalue weighted by Gasteiger charge is 2.34. The smallest absolute Gasteiger partial charge is 0.337 e. The van der Waals surface area contributed by atoms with Crippen LogP contribution in [0.1, 0.15) is 23.6 Å². The number of hydrazone groups is 1. The first kappa shape index (κ1) is 26.7. The quantitative estimate of drug-likeness (QED) is 0.446. The van der Waals surface area contributed by atoms with Gasteiger partial charge in [-0.05, 0) is 23.8 Å². The number of nitriles is 1. The highest BCUT2D eigenvalue weighted by Crippen LogP contribution is 2.31. The summed E-state index contributed by atoms with van der Waals surface area (Å²) in [5.41, 5.74) is -0.672. The molecule has 40 heavy (non-hydrogen) atoms. The lowest BCUT2D eigenvalue weighted by molar-refractivity contribution is -0.141. The van der Waals surface area contributed by atoms with E-state index in [0.717, 1.165) is 12.3 Å². The van der Waals surface area contributed by atoms with E-state index < -0.39 is 47.9 Å². The van der Waals surface area contributed by atoms with Gasteiger partial charge in [0, 0.05) is 38.8 Å². The largest absolute Gasteiger partial charge is 0.406 e. The van der Waals surface area contributed by atoms with Crippen molar-refractivity contribution in [3.05, 3.63) is 64.0 Å². The molecule has 3 aromatic rings. The zero-order valence-electron chi connectivity index (χ0n) is 20.5. The van der Waals surface area contributed by atoms with Gasteiger partial charge in [0.2, 0.25) is 5.95 Å². The van der Waals surface area contributed by atoms with Gasteiger partial charge in [0.25, 0.3) is 0 Å². The van der Waals surface area contributed by atoms with Crippen molar-refractivity contribution in [1.29, 1.82) is 5.26 Å². The van der Waals surface area contributed by atoms with Gasteiger partial charge in [-0.3, -0.25) is 4.57 Å². The molecule has 4 heterocycles. The maximum Gasteiger partial charge on any atom is 0.406 e. The predicted octanol–water partition coefficient (Wildman–Crippen LogP) is 2.21. The Balaban J connectivity index is 1.28. The Bertz CT molecular complexity index is 1570. The summed E-state index contributed by atoms with van der Waals surface area (Å²) in [5, 5.41) is 18.1. The number of piperazine rings is 1. The van der Waals surface area contributed by atoms with Gasteiger partial charge < -0.3 is 9.80 Å². The van der Waals surface area contributed by atoms with Gasteiger partial charge in [-0.15, -0.1) is 0 Å². The summed E-state index contributed by atoms with van der Waals surface area (Å²) in [4.78, 5) is 36.6. The third kappa shape index (κ3) is 5.32. The molecule has 1 atom stereocenters. The molecular weight excluding hydrogens is 543 g/mol. The summed E-state index contributed by atoms with van der Waals surface area (Å²) in [6.45, 7) is -0.827. The molecule has 208 valence electrons. The minimum atomic E-state index is -4.68. The van der Waals surface area contributed by atoms with Gasteiger partial charge in [0.05, 0.1) is 23.9 Å². The number of urea groups is 1. The van der Waals surface area contributed by atoms with E-state index in [1.54, 1.807) is 4.90 Å². The molecule has 17 heteroatoms. The van der Waals surface area contributed by atoms with Crippen molar-refractivity contribution in [2.75, 3.05) is 31.1 Å². The normalized spacial score (nSPS) is 17.4. The molecular formula is C23H19F5N10O2. The second kappa shape index (κ2) is 10.4. The molecule has 2 aliphatic rings. The van der Waals surface area contributed by atoms with E-state index >= 15 is 0 Å². The number of benzene rings is 1. The first-order valence-electron chi connectivity index (χ1n) is 11.8. The molecule has 0 aliphatic carbocycles. The number of alkyl halides is 3. The van der Waals surface area contributed by atoms with Crippen molar-refractivity contribution < 1.29 is 26.7 Å². The highest BCUT2D eigenvalue weighted by atomic mass is 19.4. The minimum absolute atomic E-state index is 0.0124. The first-order chi connectivity index (χ1) is 19.0. The number of halogens is 5. The Morgan fingerprint density at radius 3 is 2.58 bits per heavy atom. The van der Waals surface area contributed by atoms with E-state index in [4.69, 9.17) is 5.26 Å². The van der Waals surface area contributed by atoms with Crippen LogP contribution in [0.4, 0.5) is 32.7 Å². The number of carbonyl (C=O) groups is 1. The van der Waals surface area contributed by atoms with Crippen LogP contribution in [0.15, 0.2) is 40.6 Å². The summed E-state index contributed by atoms with van der Waals surface area (Å²) in [5.74, 6) is -2.29. The Kier molecular flexibility index (Phi) is 6.92. The van der Waals surface area contributed by atoms with Crippen molar-refractivity contribution in [3.8, 4) is 11.9 Å². The fraction of sp³-hybridized carbons (Fsp3) is 0.348. The highest BCUT2D eigenvalue weighted by molar-refractivity contribution is 5.78. The van der Waals surface area contributed by atoms with Crippen LogP contribution >= 0.6 is 0 Å². The van der Waals surface area contributed by atoms with Crippen LogP contribution in [-0.4, -0.2) is 78.8 Å². The third-order valence-electron chi connectivity index (χ3n) is 6.29. The summed E-state index contributed by atoms with van der Waals surface area (Å²) in [6.07, 6.45) is -1.39. The molecule has 0 spiro atoms. The maximum absolute atomic E-state index is 14.5. The van der Waals surface area contributed by atoms with E-state index in [-0.39, 0.29) is 42.3 Å². The number of hydrogen-bond donors (Lipinski definition) is 0. The number of rotatable bonds is 4. The van der Waals surface area contributed by atoms with Crippen molar-refractivity contribution in [1.82, 2.24) is 34.2 Å². The molecule has 12 nitrogen and oxygen atoms in total. The summed E-state index contributed by atoms with van der Waals surface area (Å²) in [7, 11) is 0. The Hall–Kier alpha value is -4.88. The van der Waals surface area contributed by atoms with E-state index in [9.17, 15) is 31.5 Å². The van der Waals surface area contributed by atoms with Crippen molar-refractivity contribution in [2.45, 2.75) is 25.2 Å². The lowest BCUT2D eigenvalue weighted by Gasteiger charge is -2.37. The third-order valence-corrected chi connectivity index (χ3v) is 6.29. The summed E-state index contributed by atoms with van der Waals surface area (Å²) in [6, 6.07) is 4.70. The molecule has 0 saturated carbocycles. The second-order valence-corrected chi connectivity index (χ2v) is 8.95. The lowest BCUT2D eigenvalue weighted by atomic mass is 10.0. The Labute approximate surface area is 222 Å². The molecule has 0 bridgehead atoms. The molecule has 0 unspecified atom stereocenters. The number of anilines is 1. The standard InChI is InChI=1S/C23H19F5N10O2/c24-16-8-14(10-29)7-15(9-16)18-1-2-31-37(18)21(39)35-5-3-34(4-6-35)20-30-11-17(25)19(33-20)38-22(40)36(13-32-38)12-23(26,27)28/h2,7-9,11,13,18H,1,3-6,12H2/t18-/m0/s1. The summed E-state index contributed by atoms with van der Waals surface area (Å²) >= 11 is 0. The van der Waals surface area contributed by atoms with Gasteiger partial charge in [0.1, 0.15) is 18.7 Å². The van der Waals surface area contributed by atoms with E-state index in [0.29, 0.717) is 23.0 Å². The maximum atomic E-state index is 14.5. The number of carbonyl (C=O) groups excluding carboxylic acids is 1. The van der Waals surface area contributed by atoms with Crippen LogP contribution in [0.2, 0.25) is 0 Å². The van der Waals surface area contributed by atoms with E-state index in [2.05, 4.69) is 20.2 Å². The average molecular weight is 562 g/mol. The molecule has 5 rings (SSSR count). The van der Waals surface area contributed by atoms with Crippen LogP contribution in [0.3, 0.4) is 0 Å². The molecule has 2 amide bonds. The second-order valence-electron chi connectivity index (χ2n) is 8.95. The molecule has 1 aromatic carbocycles. The Morgan fingerprint density at radius 1 is 1.12 bits per heavy atom. The molecule has 0 radical (unpaired) electrons. The zero-order valence-corrected chi connectivity index (χ0v) is 20.5. The number of aromatic nitrogens is 5. The topological polar surface area (TPSA) is 129 Å².